The molecule has 3 N–H and O–H groups in total. The van der Waals surface area contributed by atoms with Gasteiger partial charge in [-0.1, -0.05) is 18.1 Å². The van der Waals surface area contributed by atoms with Crippen molar-refractivity contribution in [1.82, 2.24) is 20.3 Å². The normalized spacial score (nSPS) is 29.7. The molecule has 30 heavy (non-hydrogen) atoms. The van der Waals surface area contributed by atoms with Gasteiger partial charge in [-0.2, -0.15) is 0 Å². The Morgan fingerprint density at radius 2 is 2.00 bits per heavy atom. The van der Waals surface area contributed by atoms with E-state index >= 15 is 0 Å². The topological polar surface area (TPSA) is 119 Å². The van der Waals surface area contributed by atoms with E-state index in [1.54, 1.807) is 4.68 Å². The molecule has 3 heterocycles. The van der Waals surface area contributed by atoms with Crippen molar-refractivity contribution in [2.75, 3.05) is 19.8 Å². The monoisotopic (exact) mass is 422 g/mol. The minimum absolute atomic E-state index is 0.000555. The van der Waals surface area contributed by atoms with Gasteiger partial charge >= 0.3 is 0 Å². The zero-order chi connectivity index (χ0) is 21.0. The summed E-state index contributed by atoms with van der Waals surface area (Å²) in [6, 6.07) is -0.156. The minimum Gasteiger partial charge on any atom is -0.394 e. The van der Waals surface area contributed by atoms with Crippen LogP contribution in [0.3, 0.4) is 0 Å². The number of carbonyl (C=O) groups excluding carboxylic acids is 1. The van der Waals surface area contributed by atoms with Crippen molar-refractivity contribution in [3.63, 3.8) is 0 Å². The van der Waals surface area contributed by atoms with Crippen LogP contribution in [0.2, 0.25) is 0 Å². The van der Waals surface area contributed by atoms with E-state index < -0.39 is 11.7 Å². The maximum Gasteiger partial charge on any atom is 0.223 e. The number of hydrogen-bond donors (Lipinski definition) is 3. The van der Waals surface area contributed by atoms with Gasteiger partial charge in [0, 0.05) is 25.7 Å². The van der Waals surface area contributed by atoms with E-state index in [0.29, 0.717) is 25.5 Å². The van der Waals surface area contributed by atoms with Crippen LogP contribution >= 0.6 is 0 Å². The summed E-state index contributed by atoms with van der Waals surface area (Å²) in [5.41, 5.74) is -0.161. The Labute approximate surface area is 177 Å². The standard InChI is InChI=1S/C21H34N4O5/c26-14-18-17(22-20(27)15-6-11-29-12-7-15)4-3-16(30-18)5-10-25-13-19(23-24-25)21(28)8-1-2-9-21/h13,15-18,26,28H,1-12,14H2,(H,22,27)/t16-,17-,18-/m0/s1. The van der Waals surface area contributed by atoms with E-state index in [-0.39, 0.29) is 30.6 Å². The van der Waals surface area contributed by atoms with Crippen LogP contribution in [0.1, 0.15) is 63.5 Å². The molecule has 168 valence electrons. The molecule has 1 aromatic rings. The first-order valence-corrected chi connectivity index (χ1v) is 11.3. The first-order chi connectivity index (χ1) is 14.6. The predicted molar refractivity (Wildman–Crippen MR) is 107 cm³/mol. The molecule has 0 unspecified atom stereocenters. The lowest BCUT2D eigenvalue weighted by molar-refractivity contribution is -0.134. The quantitative estimate of drug-likeness (QED) is 0.597. The Morgan fingerprint density at radius 1 is 1.23 bits per heavy atom. The molecule has 0 spiro atoms. The Hall–Kier alpha value is -1.55. The number of nitrogens with one attached hydrogen (secondary N) is 1. The lowest BCUT2D eigenvalue weighted by Gasteiger charge is -2.37. The molecule has 2 saturated heterocycles. The van der Waals surface area contributed by atoms with Crippen LogP contribution in [0.4, 0.5) is 0 Å². The van der Waals surface area contributed by atoms with Crippen molar-refractivity contribution in [3.8, 4) is 0 Å². The molecule has 0 aromatic carbocycles. The average molecular weight is 423 g/mol. The van der Waals surface area contributed by atoms with Crippen molar-refractivity contribution in [1.29, 1.82) is 0 Å². The molecule has 1 amide bonds. The molecule has 1 aliphatic carbocycles. The summed E-state index contributed by atoms with van der Waals surface area (Å²) in [5.74, 6) is 0.0378. The van der Waals surface area contributed by atoms with Crippen LogP contribution in [-0.2, 0) is 26.4 Å². The highest BCUT2D eigenvalue weighted by molar-refractivity contribution is 5.79. The van der Waals surface area contributed by atoms with Crippen LogP contribution in [0.25, 0.3) is 0 Å². The Balaban J connectivity index is 1.25. The molecule has 3 fully saturated rings. The maximum atomic E-state index is 12.5. The van der Waals surface area contributed by atoms with Gasteiger partial charge in [-0.05, 0) is 44.9 Å². The van der Waals surface area contributed by atoms with E-state index in [0.717, 1.165) is 57.8 Å². The third-order valence-corrected chi connectivity index (χ3v) is 6.84. The fourth-order valence-corrected chi connectivity index (χ4v) is 4.88. The Kier molecular flexibility index (Phi) is 7.02. The van der Waals surface area contributed by atoms with Gasteiger partial charge in [0.25, 0.3) is 0 Å². The number of aliphatic hydroxyl groups is 2. The van der Waals surface area contributed by atoms with Crippen LogP contribution in [-0.4, -0.2) is 69.2 Å². The number of hydrogen-bond acceptors (Lipinski definition) is 7. The summed E-state index contributed by atoms with van der Waals surface area (Å²) in [4.78, 5) is 12.5. The SMILES string of the molecule is O=C(N[C@H]1CC[C@@H](CCn2cc(C3(O)CCCC3)nn2)O[C@H]1CO)C1CCOCC1. The molecule has 1 saturated carbocycles. The first-order valence-electron chi connectivity index (χ1n) is 11.3. The first kappa shape index (κ1) is 21.7. The highest BCUT2D eigenvalue weighted by atomic mass is 16.5. The fraction of sp³-hybridized carbons (Fsp3) is 0.857. The highest BCUT2D eigenvalue weighted by Gasteiger charge is 2.36. The van der Waals surface area contributed by atoms with Crippen molar-refractivity contribution in [2.45, 2.75) is 88.2 Å². The van der Waals surface area contributed by atoms with Gasteiger partial charge in [0.2, 0.25) is 5.91 Å². The molecule has 3 aliphatic rings. The van der Waals surface area contributed by atoms with Crippen molar-refractivity contribution in [2.24, 2.45) is 5.92 Å². The zero-order valence-corrected chi connectivity index (χ0v) is 17.5. The summed E-state index contributed by atoms with van der Waals surface area (Å²) in [5, 5.41) is 31.9. The van der Waals surface area contributed by atoms with E-state index in [9.17, 15) is 15.0 Å². The van der Waals surface area contributed by atoms with E-state index in [1.807, 2.05) is 6.20 Å². The molecule has 0 radical (unpaired) electrons. The number of aryl methyl sites for hydroxylation is 1. The van der Waals surface area contributed by atoms with E-state index in [1.165, 1.54) is 0 Å². The van der Waals surface area contributed by atoms with Gasteiger partial charge in [-0.25, -0.2) is 0 Å². The minimum atomic E-state index is -0.822. The van der Waals surface area contributed by atoms with Gasteiger partial charge in [0.05, 0.1) is 24.9 Å². The summed E-state index contributed by atoms with van der Waals surface area (Å²) < 4.78 is 13.2. The number of amides is 1. The van der Waals surface area contributed by atoms with Gasteiger partial charge in [0.1, 0.15) is 17.4 Å². The summed E-state index contributed by atoms with van der Waals surface area (Å²) in [6.45, 7) is 1.79. The van der Waals surface area contributed by atoms with Gasteiger partial charge in [-0.15, -0.1) is 5.10 Å². The van der Waals surface area contributed by atoms with Crippen LogP contribution in [0.15, 0.2) is 6.20 Å². The second-order valence-corrected chi connectivity index (χ2v) is 8.95. The van der Waals surface area contributed by atoms with Gasteiger partial charge < -0.3 is 25.0 Å². The lowest BCUT2D eigenvalue weighted by atomic mass is 9.94. The smallest absolute Gasteiger partial charge is 0.223 e. The third kappa shape index (κ3) is 5.01. The third-order valence-electron chi connectivity index (χ3n) is 6.84. The van der Waals surface area contributed by atoms with Crippen LogP contribution < -0.4 is 5.32 Å². The molecule has 4 rings (SSSR count). The molecule has 0 bridgehead atoms. The van der Waals surface area contributed by atoms with E-state index in [2.05, 4.69) is 15.6 Å². The molecule has 9 heteroatoms. The highest BCUT2D eigenvalue weighted by Crippen LogP contribution is 2.37. The number of nitrogens with zero attached hydrogens (tertiary/aromatic N) is 3. The average Bonchev–Trinajstić information content (AvgIpc) is 3.44. The summed E-state index contributed by atoms with van der Waals surface area (Å²) >= 11 is 0. The molecular weight excluding hydrogens is 388 g/mol. The number of rotatable bonds is 7. The summed E-state index contributed by atoms with van der Waals surface area (Å²) in [7, 11) is 0. The second-order valence-electron chi connectivity index (χ2n) is 8.95. The maximum absolute atomic E-state index is 12.5. The molecule has 9 nitrogen and oxygen atoms in total. The number of aromatic nitrogens is 3. The second kappa shape index (κ2) is 9.72. The Bertz CT molecular complexity index is 699. The largest absolute Gasteiger partial charge is 0.394 e. The number of carbonyl (C=O) groups is 1. The van der Waals surface area contributed by atoms with Crippen LogP contribution in [0, 0.1) is 5.92 Å². The Morgan fingerprint density at radius 3 is 2.73 bits per heavy atom. The van der Waals surface area contributed by atoms with Gasteiger partial charge in [-0.3, -0.25) is 9.48 Å². The van der Waals surface area contributed by atoms with Crippen molar-refractivity contribution < 1.29 is 24.5 Å². The van der Waals surface area contributed by atoms with Crippen LogP contribution in [0.5, 0.6) is 0 Å². The number of ether oxygens (including phenoxy) is 2. The molecule has 2 aliphatic heterocycles. The summed E-state index contributed by atoms with van der Waals surface area (Å²) in [6.07, 6.45) is 8.84. The van der Waals surface area contributed by atoms with Crippen molar-refractivity contribution >= 4 is 5.91 Å². The lowest BCUT2D eigenvalue weighted by Crippen LogP contribution is -2.52. The van der Waals surface area contributed by atoms with E-state index in [4.69, 9.17) is 9.47 Å². The molecule has 3 atom stereocenters. The van der Waals surface area contributed by atoms with Gasteiger partial charge in [0.15, 0.2) is 0 Å². The number of aliphatic hydroxyl groups excluding tert-OH is 1. The molecular formula is C21H34N4O5. The fourth-order valence-electron chi connectivity index (χ4n) is 4.88. The molecule has 1 aromatic heterocycles. The zero-order valence-electron chi connectivity index (χ0n) is 17.5. The predicted octanol–water partition coefficient (Wildman–Crippen LogP) is 0.881. The van der Waals surface area contributed by atoms with Crippen molar-refractivity contribution in [3.05, 3.63) is 11.9 Å².